The Labute approximate surface area is 179 Å². The molecule has 0 amide bonds. The van der Waals surface area contributed by atoms with Crippen molar-refractivity contribution in [3.05, 3.63) is 59.2 Å². The molecule has 150 valence electrons. The number of halogens is 1. The van der Waals surface area contributed by atoms with Crippen molar-refractivity contribution >= 4 is 34.9 Å². The Morgan fingerprint density at radius 2 is 2.23 bits per heavy atom. The molecule has 2 aromatic rings. The normalized spacial score (nSPS) is 21.0. The highest BCUT2D eigenvalue weighted by Gasteiger charge is 2.32. The summed E-state index contributed by atoms with van der Waals surface area (Å²) in [5, 5.41) is 14.6. The third kappa shape index (κ3) is 3.44. The van der Waals surface area contributed by atoms with E-state index in [1.807, 2.05) is 47.7 Å². The van der Waals surface area contributed by atoms with Crippen molar-refractivity contribution in [3.63, 3.8) is 0 Å². The average Bonchev–Trinajstić information content (AvgIpc) is 3.52. The number of aliphatic imine (C=N–C) groups is 2. The summed E-state index contributed by atoms with van der Waals surface area (Å²) in [6.45, 7) is 2.33. The summed E-state index contributed by atoms with van der Waals surface area (Å²) in [6.07, 6.45) is 11.0. The van der Waals surface area contributed by atoms with Gasteiger partial charge >= 0.3 is 0 Å². The van der Waals surface area contributed by atoms with Crippen LogP contribution in [0.2, 0.25) is 5.15 Å². The number of dihydropyridines is 1. The monoisotopic (exact) mass is 417 g/mol. The molecule has 0 N–H and O–H groups in total. The van der Waals surface area contributed by atoms with Gasteiger partial charge in [-0.1, -0.05) is 17.7 Å². The fourth-order valence-electron chi connectivity index (χ4n) is 4.37. The smallest absolute Gasteiger partial charge is 0.131 e. The molecule has 5 heterocycles. The lowest BCUT2D eigenvalue weighted by molar-refractivity contribution is 0.331. The second-order valence-corrected chi connectivity index (χ2v) is 8.03. The summed E-state index contributed by atoms with van der Waals surface area (Å²) >= 11 is 6.06. The van der Waals surface area contributed by atoms with Crippen LogP contribution in [0.15, 0.2) is 58.4 Å². The first-order chi connectivity index (χ1) is 14.7. The number of hydrogen-bond donors (Lipinski definition) is 0. The number of fused-ring (bicyclic) bond motifs is 1. The van der Waals surface area contributed by atoms with Crippen molar-refractivity contribution in [2.45, 2.75) is 18.9 Å². The minimum Gasteiger partial charge on any atom is -0.356 e. The summed E-state index contributed by atoms with van der Waals surface area (Å²) in [4.78, 5) is 15.5. The van der Waals surface area contributed by atoms with Crippen LogP contribution in [-0.4, -0.2) is 46.3 Å². The highest BCUT2D eigenvalue weighted by Crippen LogP contribution is 2.33. The molecule has 2 unspecified atom stereocenters. The lowest BCUT2D eigenvalue weighted by Gasteiger charge is -2.23. The molecule has 0 spiro atoms. The second kappa shape index (κ2) is 7.88. The topological polar surface area (TPSA) is 82.5 Å². The largest absolute Gasteiger partial charge is 0.356 e. The van der Waals surface area contributed by atoms with Crippen LogP contribution in [0.1, 0.15) is 24.4 Å². The summed E-state index contributed by atoms with van der Waals surface area (Å²) in [6, 6.07) is 8.03. The lowest BCUT2D eigenvalue weighted by atomic mass is 9.96. The highest BCUT2D eigenvalue weighted by atomic mass is 35.5. The van der Waals surface area contributed by atoms with E-state index in [2.05, 4.69) is 31.0 Å². The molecule has 30 heavy (non-hydrogen) atoms. The minimum absolute atomic E-state index is 0.00585. The SMILES string of the molecule is N#CCC(C1CCN(c2cccc(Cl)n2)C1)n1cc(C2=C3C=CN=C3CN=C2)cn1. The second-order valence-electron chi connectivity index (χ2n) is 7.64. The fourth-order valence-corrected chi connectivity index (χ4v) is 4.53. The quantitative estimate of drug-likeness (QED) is 0.694. The van der Waals surface area contributed by atoms with Crippen LogP contribution in [0.5, 0.6) is 0 Å². The van der Waals surface area contributed by atoms with Gasteiger partial charge in [0.25, 0.3) is 0 Å². The number of aromatic nitrogens is 3. The maximum absolute atomic E-state index is 9.47. The van der Waals surface area contributed by atoms with Crippen LogP contribution < -0.4 is 4.90 Å². The van der Waals surface area contributed by atoms with E-state index in [0.29, 0.717) is 24.0 Å². The molecule has 7 nitrogen and oxygen atoms in total. The van der Waals surface area contributed by atoms with E-state index in [1.54, 1.807) is 6.07 Å². The summed E-state index contributed by atoms with van der Waals surface area (Å²) in [5.41, 5.74) is 4.14. The van der Waals surface area contributed by atoms with Crippen molar-refractivity contribution in [1.82, 2.24) is 14.8 Å². The van der Waals surface area contributed by atoms with Crippen molar-refractivity contribution < 1.29 is 0 Å². The first-order valence-corrected chi connectivity index (χ1v) is 10.4. The molecule has 0 radical (unpaired) electrons. The predicted octanol–water partition coefficient (Wildman–Crippen LogP) is 3.72. The molecule has 8 heteroatoms. The van der Waals surface area contributed by atoms with E-state index in [4.69, 9.17) is 11.6 Å². The zero-order valence-electron chi connectivity index (χ0n) is 16.3. The number of allylic oxidation sites excluding steroid dienone is 2. The van der Waals surface area contributed by atoms with Crippen LogP contribution in [0.4, 0.5) is 5.82 Å². The molecule has 3 aliphatic heterocycles. The molecule has 2 aromatic heterocycles. The van der Waals surface area contributed by atoms with Gasteiger partial charge in [-0.3, -0.25) is 14.7 Å². The number of nitriles is 1. The Balaban J connectivity index is 1.39. The number of rotatable bonds is 5. The van der Waals surface area contributed by atoms with Crippen LogP contribution in [0.3, 0.4) is 0 Å². The van der Waals surface area contributed by atoms with Crippen molar-refractivity contribution in [3.8, 4) is 6.07 Å². The van der Waals surface area contributed by atoms with Crippen molar-refractivity contribution in [2.75, 3.05) is 24.5 Å². The summed E-state index contributed by atoms with van der Waals surface area (Å²) < 4.78 is 1.95. The van der Waals surface area contributed by atoms with Gasteiger partial charge in [-0.25, -0.2) is 4.98 Å². The molecule has 5 rings (SSSR count). The summed E-state index contributed by atoms with van der Waals surface area (Å²) in [7, 11) is 0. The van der Waals surface area contributed by atoms with Gasteiger partial charge in [-0.2, -0.15) is 10.4 Å². The van der Waals surface area contributed by atoms with Crippen molar-refractivity contribution in [1.29, 1.82) is 5.26 Å². The third-order valence-corrected chi connectivity index (χ3v) is 6.09. The van der Waals surface area contributed by atoms with Crippen LogP contribution in [-0.2, 0) is 0 Å². The maximum atomic E-state index is 9.47. The molecule has 1 saturated heterocycles. The van der Waals surface area contributed by atoms with Gasteiger partial charge in [0.2, 0.25) is 0 Å². The average molecular weight is 418 g/mol. The first kappa shape index (κ1) is 18.8. The summed E-state index contributed by atoms with van der Waals surface area (Å²) in [5.74, 6) is 1.19. The number of nitrogens with zero attached hydrogens (tertiary/aromatic N) is 7. The highest BCUT2D eigenvalue weighted by molar-refractivity contribution is 6.29. The van der Waals surface area contributed by atoms with Gasteiger partial charge < -0.3 is 4.90 Å². The molecule has 1 fully saturated rings. The molecular weight excluding hydrogens is 398 g/mol. The predicted molar refractivity (Wildman–Crippen MR) is 118 cm³/mol. The lowest BCUT2D eigenvalue weighted by Crippen LogP contribution is -2.25. The Morgan fingerprint density at radius 1 is 1.30 bits per heavy atom. The molecule has 0 saturated carbocycles. The van der Waals surface area contributed by atoms with Gasteiger partial charge in [0.1, 0.15) is 11.0 Å². The Morgan fingerprint density at radius 3 is 3.10 bits per heavy atom. The van der Waals surface area contributed by atoms with Crippen molar-refractivity contribution in [2.24, 2.45) is 15.9 Å². The zero-order chi connectivity index (χ0) is 20.5. The van der Waals surface area contributed by atoms with Gasteiger partial charge in [0.15, 0.2) is 0 Å². The fraction of sp³-hybridized carbons (Fsp3) is 0.318. The first-order valence-electron chi connectivity index (χ1n) is 9.99. The number of pyridine rings is 1. The Hall–Kier alpha value is -3.24. The van der Waals surface area contributed by atoms with Crippen LogP contribution in [0.25, 0.3) is 5.57 Å². The number of anilines is 1. The van der Waals surface area contributed by atoms with Gasteiger partial charge in [0, 0.05) is 54.3 Å². The third-order valence-electron chi connectivity index (χ3n) is 5.88. The molecule has 0 bridgehead atoms. The van der Waals surface area contributed by atoms with E-state index in [1.165, 1.54) is 0 Å². The van der Waals surface area contributed by atoms with Gasteiger partial charge in [0.05, 0.1) is 37.0 Å². The standard InChI is InChI=1S/C22H20ClN7/c23-21-2-1-3-22(28-21)29-9-6-15(13-29)20(4-7-24)30-14-16(10-27-30)18-11-25-12-19-17(18)5-8-26-19/h1-3,5,8,10-11,14-15,20H,4,6,9,12-13H2. The molecule has 3 aliphatic rings. The maximum Gasteiger partial charge on any atom is 0.131 e. The molecular formula is C22H20ClN7. The molecule has 2 atom stereocenters. The Kier molecular flexibility index (Phi) is 4.93. The van der Waals surface area contributed by atoms with E-state index in [9.17, 15) is 5.26 Å². The number of hydrogen-bond acceptors (Lipinski definition) is 6. The van der Waals surface area contributed by atoms with E-state index < -0.39 is 0 Å². The van der Waals surface area contributed by atoms with E-state index >= 15 is 0 Å². The Bertz CT molecular complexity index is 1130. The molecule has 0 aliphatic carbocycles. The molecule has 0 aromatic carbocycles. The van der Waals surface area contributed by atoms with Gasteiger partial charge in [-0.15, -0.1) is 0 Å². The van der Waals surface area contributed by atoms with Crippen LogP contribution in [0, 0.1) is 17.2 Å². The van der Waals surface area contributed by atoms with E-state index in [-0.39, 0.29) is 6.04 Å². The van der Waals surface area contributed by atoms with Gasteiger partial charge in [-0.05, 0) is 24.6 Å². The van der Waals surface area contributed by atoms with Crippen LogP contribution >= 0.6 is 11.6 Å². The van der Waals surface area contributed by atoms with E-state index in [0.717, 1.165) is 47.7 Å². The minimum atomic E-state index is 0.00585. The zero-order valence-corrected chi connectivity index (χ0v) is 17.1.